The molecule has 2 nitrogen and oxygen atoms in total. The van der Waals surface area contributed by atoms with Crippen LogP contribution in [0.1, 0.15) is 31.8 Å². The van der Waals surface area contributed by atoms with Crippen LogP contribution in [0, 0.1) is 13.8 Å². The van der Waals surface area contributed by atoms with Gasteiger partial charge in [0, 0.05) is 16.1 Å². The second-order valence-electron chi connectivity index (χ2n) is 4.01. The number of rotatable bonds is 4. The van der Waals surface area contributed by atoms with Crippen LogP contribution in [0.5, 0.6) is 0 Å². The van der Waals surface area contributed by atoms with Gasteiger partial charge in [-0.25, -0.2) is 0 Å². The summed E-state index contributed by atoms with van der Waals surface area (Å²) in [7, 11) is 0. The van der Waals surface area contributed by atoms with E-state index in [1.54, 1.807) is 11.8 Å². The molecule has 78 valence electrons. The summed E-state index contributed by atoms with van der Waals surface area (Å²) in [5, 5.41) is 0. The van der Waals surface area contributed by atoms with Crippen molar-refractivity contribution in [2.75, 3.05) is 0 Å². The maximum Gasteiger partial charge on any atom is 0.121 e. The van der Waals surface area contributed by atoms with E-state index in [1.165, 1.54) is 0 Å². The molecule has 0 bridgehead atoms. The molecule has 0 saturated heterocycles. The molecule has 0 unspecified atom stereocenters. The predicted molar refractivity (Wildman–Crippen MR) is 58.8 cm³/mol. The highest BCUT2D eigenvalue weighted by molar-refractivity contribution is 8.00. The molecule has 0 saturated carbocycles. The summed E-state index contributed by atoms with van der Waals surface area (Å²) in [5.74, 6) is 1.86. The fraction of sp³-hybridized carbons (Fsp3) is 0.545. The number of hydrogen-bond donors (Lipinski definition) is 0. The average Bonchev–Trinajstić information content (AvgIpc) is 2.28. The topological polar surface area (TPSA) is 30.2 Å². The van der Waals surface area contributed by atoms with E-state index in [2.05, 4.69) is 13.8 Å². The number of carbonyl (C=O) groups excluding carboxylic acids is 1. The maximum atomic E-state index is 10.5. The Labute approximate surface area is 89.1 Å². The lowest BCUT2D eigenvalue weighted by Gasteiger charge is -2.20. The van der Waals surface area contributed by atoms with Crippen LogP contribution >= 0.6 is 11.8 Å². The summed E-state index contributed by atoms with van der Waals surface area (Å²) in [6.07, 6.45) is 1.52. The summed E-state index contributed by atoms with van der Waals surface area (Å²) >= 11 is 1.69. The number of thioether (sulfide) groups is 1. The number of carbonyl (C=O) groups is 1. The third-order valence-electron chi connectivity index (χ3n) is 1.96. The van der Waals surface area contributed by atoms with Crippen LogP contribution in [0.25, 0.3) is 0 Å². The first kappa shape index (κ1) is 11.4. The lowest BCUT2D eigenvalue weighted by molar-refractivity contribution is -0.108. The normalized spacial score (nSPS) is 11.7. The lowest BCUT2D eigenvalue weighted by Crippen LogP contribution is -2.14. The van der Waals surface area contributed by atoms with Crippen LogP contribution in [0.15, 0.2) is 15.4 Å². The van der Waals surface area contributed by atoms with Gasteiger partial charge in [-0.05, 0) is 33.8 Å². The van der Waals surface area contributed by atoms with Gasteiger partial charge in [0.2, 0.25) is 0 Å². The standard InChI is InChI=1S/C11H16O2S/c1-8-7-10(9(2)13-8)14-11(3,4)5-6-12/h6-7H,5H2,1-4H3. The molecule has 0 aliphatic heterocycles. The molecule has 1 rings (SSSR count). The first-order valence-electron chi connectivity index (χ1n) is 4.64. The van der Waals surface area contributed by atoms with Crippen molar-refractivity contribution >= 4 is 18.0 Å². The van der Waals surface area contributed by atoms with Gasteiger partial charge in [0.15, 0.2) is 0 Å². The molecular formula is C11H16O2S. The molecule has 0 aliphatic rings. The lowest BCUT2D eigenvalue weighted by atomic mass is 10.1. The van der Waals surface area contributed by atoms with Crippen LogP contribution < -0.4 is 0 Å². The van der Waals surface area contributed by atoms with Crippen molar-refractivity contribution in [1.82, 2.24) is 0 Å². The molecular weight excluding hydrogens is 196 g/mol. The van der Waals surface area contributed by atoms with Crippen molar-refractivity contribution in [2.24, 2.45) is 0 Å². The third-order valence-corrected chi connectivity index (χ3v) is 3.30. The van der Waals surface area contributed by atoms with Crippen molar-refractivity contribution in [2.45, 2.75) is 43.8 Å². The summed E-state index contributed by atoms with van der Waals surface area (Å²) in [6.45, 7) is 8.01. The molecule has 0 aromatic carbocycles. The van der Waals surface area contributed by atoms with E-state index in [1.807, 2.05) is 19.9 Å². The quantitative estimate of drug-likeness (QED) is 0.566. The predicted octanol–water partition coefficient (Wildman–Crippen LogP) is 3.36. The first-order chi connectivity index (χ1) is 6.44. The van der Waals surface area contributed by atoms with Gasteiger partial charge in [-0.3, -0.25) is 0 Å². The Bertz CT molecular complexity index is 326. The Morgan fingerprint density at radius 1 is 1.50 bits per heavy atom. The second-order valence-corrected chi connectivity index (χ2v) is 5.76. The maximum absolute atomic E-state index is 10.5. The number of aryl methyl sites for hydroxylation is 2. The van der Waals surface area contributed by atoms with Gasteiger partial charge in [0.1, 0.15) is 17.8 Å². The largest absolute Gasteiger partial charge is 0.465 e. The van der Waals surface area contributed by atoms with E-state index in [9.17, 15) is 4.79 Å². The van der Waals surface area contributed by atoms with Crippen molar-refractivity contribution < 1.29 is 9.21 Å². The summed E-state index contributed by atoms with van der Waals surface area (Å²) in [4.78, 5) is 11.6. The van der Waals surface area contributed by atoms with E-state index >= 15 is 0 Å². The Balaban J connectivity index is 2.77. The van der Waals surface area contributed by atoms with Gasteiger partial charge in [-0.15, -0.1) is 11.8 Å². The monoisotopic (exact) mass is 212 g/mol. The molecule has 0 atom stereocenters. The van der Waals surface area contributed by atoms with Gasteiger partial charge in [0.25, 0.3) is 0 Å². The highest BCUT2D eigenvalue weighted by Gasteiger charge is 2.21. The average molecular weight is 212 g/mol. The fourth-order valence-electron chi connectivity index (χ4n) is 1.25. The van der Waals surface area contributed by atoms with Crippen LogP contribution in [0.4, 0.5) is 0 Å². The molecule has 0 aliphatic carbocycles. The SMILES string of the molecule is Cc1cc(SC(C)(C)CC=O)c(C)o1. The highest BCUT2D eigenvalue weighted by Crippen LogP contribution is 2.37. The molecule has 1 aromatic rings. The Kier molecular flexibility index (Phi) is 3.43. The van der Waals surface area contributed by atoms with Crippen LogP contribution in [0.3, 0.4) is 0 Å². The Morgan fingerprint density at radius 2 is 2.14 bits per heavy atom. The molecule has 0 radical (unpaired) electrons. The fourth-order valence-corrected chi connectivity index (χ4v) is 2.41. The third kappa shape index (κ3) is 2.91. The van der Waals surface area contributed by atoms with E-state index in [0.29, 0.717) is 6.42 Å². The minimum absolute atomic E-state index is 0.0528. The molecule has 14 heavy (non-hydrogen) atoms. The first-order valence-corrected chi connectivity index (χ1v) is 5.46. The molecule has 0 amide bonds. The molecule has 1 aromatic heterocycles. The van der Waals surface area contributed by atoms with Crippen molar-refractivity contribution in [1.29, 1.82) is 0 Å². The van der Waals surface area contributed by atoms with Crippen molar-refractivity contribution in [3.63, 3.8) is 0 Å². The number of aldehydes is 1. The van der Waals surface area contributed by atoms with E-state index in [4.69, 9.17) is 4.42 Å². The van der Waals surface area contributed by atoms with Gasteiger partial charge in [-0.1, -0.05) is 0 Å². The zero-order valence-corrected chi connectivity index (χ0v) is 9.90. The zero-order valence-electron chi connectivity index (χ0n) is 9.09. The molecule has 0 spiro atoms. The Hall–Kier alpha value is -0.700. The molecule has 0 N–H and O–H groups in total. The molecule has 0 fully saturated rings. The van der Waals surface area contributed by atoms with Gasteiger partial charge in [0.05, 0.1) is 0 Å². The van der Waals surface area contributed by atoms with E-state index < -0.39 is 0 Å². The smallest absolute Gasteiger partial charge is 0.121 e. The molecule has 1 heterocycles. The van der Waals surface area contributed by atoms with Crippen molar-refractivity contribution in [3.8, 4) is 0 Å². The van der Waals surface area contributed by atoms with Gasteiger partial charge < -0.3 is 9.21 Å². The minimum Gasteiger partial charge on any atom is -0.465 e. The summed E-state index contributed by atoms with van der Waals surface area (Å²) in [6, 6.07) is 2.02. The zero-order chi connectivity index (χ0) is 10.8. The van der Waals surface area contributed by atoms with Crippen LogP contribution in [-0.2, 0) is 4.79 Å². The molecule has 3 heteroatoms. The Morgan fingerprint density at radius 3 is 2.57 bits per heavy atom. The minimum atomic E-state index is -0.0528. The van der Waals surface area contributed by atoms with Crippen molar-refractivity contribution in [3.05, 3.63) is 17.6 Å². The van der Waals surface area contributed by atoms with Crippen LogP contribution in [0.2, 0.25) is 0 Å². The van der Waals surface area contributed by atoms with Gasteiger partial charge in [-0.2, -0.15) is 0 Å². The number of furan rings is 1. The van der Waals surface area contributed by atoms with Gasteiger partial charge >= 0.3 is 0 Å². The van der Waals surface area contributed by atoms with E-state index in [0.717, 1.165) is 22.7 Å². The summed E-state index contributed by atoms with van der Waals surface area (Å²) < 4.78 is 5.38. The highest BCUT2D eigenvalue weighted by atomic mass is 32.2. The number of hydrogen-bond acceptors (Lipinski definition) is 3. The van der Waals surface area contributed by atoms with Crippen LogP contribution in [-0.4, -0.2) is 11.0 Å². The second kappa shape index (κ2) is 4.22. The summed E-state index contributed by atoms with van der Waals surface area (Å²) in [5.41, 5.74) is 0. The van der Waals surface area contributed by atoms with E-state index in [-0.39, 0.29) is 4.75 Å².